The molecule has 1 saturated carbocycles. The molecule has 2 N–H and O–H groups in total. The van der Waals surface area contributed by atoms with Crippen molar-refractivity contribution in [3.05, 3.63) is 76.3 Å². The average molecular weight is 472 g/mol. The molecule has 3 rings (SSSR count). The first-order chi connectivity index (χ1) is 15.7. The number of para-hydroxylation sites is 1. The van der Waals surface area contributed by atoms with Gasteiger partial charge in [-0.15, -0.1) is 0 Å². The van der Waals surface area contributed by atoms with Crippen molar-refractivity contribution in [3.63, 3.8) is 0 Å². The zero-order valence-corrected chi connectivity index (χ0v) is 22.8. The Labute approximate surface area is 208 Å². The lowest BCUT2D eigenvalue weighted by Gasteiger charge is -2.15. The molecular weight excluding hydrogens is 426 g/mol. The van der Waals surface area contributed by atoms with Crippen LogP contribution >= 0.6 is 11.6 Å². The van der Waals surface area contributed by atoms with Crippen LogP contribution in [0.5, 0.6) is 0 Å². The molecule has 1 unspecified atom stereocenters. The standard InChI is InChI=1S/C16H23N.C8H8ClN.C3H9N.C2H6/c1-4-5-14-6-8-15(9-7-14)10-11-17(3)16-12-13(16)2;1-6-4-3-5-7(9)8(6)10-2;1-3(2)4;1-2/h6-9,16H,2,4-5,10-12H2,1,3H3;3-5H,2H2,1H3;3H,4H2,1-2H3;1-2H3. The number of benzene rings is 2. The zero-order valence-electron chi connectivity index (χ0n) is 22.0. The van der Waals surface area contributed by atoms with Crippen LogP contribution in [0.15, 0.2) is 59.6 Å². The largest absolute Gasteiger partial charge is 0.328 e. The molecule has 2 aromatic carbocycles. The van der Waals surface area contributed by atoms with E-state index in [4.69, 9.17) is 17.3 Å². The van der Waals surface area contributed by atoms with Crippen LogP contribution in [0.1, 0.15) is 64.2 Å². The van der Waals surface area contributed by atoms with Crippen LogP contribution in [0, 0.1) is 6.92 Å². The maximum Gasteiger partial charge on any atom is 0.0837 e. The van der Waals surface area contributed by atoms with Gasteiger partial charge in [0.25, 0.3) is 0 Å². The monoisotopic (exact) mass is 471 g/mol. The van der Waals surface area contributed by atoms with Gasteiger partial charge in [0.2, 0.25) is 0 Å². The van der Waals surface area contributed by atoms with E-state index in [-0.39, 0.29) is 0 Å². The lowest BCUT2D eigenvalue weighted by atomic mass is 10.1. The first kappa shape index (κ1) is 31.1. The number of rotatable bonds is 7. The maximum absolute atomic E-state index is 5.80. The molecule has 33 heavy (non-hydrogen) atoms. The molecule has 1 atom stereocenters. The third kappa shape index (κ3) is 13.4. The van der Waals surface area contributed by atoms with Crippen LogP contribution in [0.2, 0.25) is 5.02 Å². The van der Waals surface area contributed by atoms with E-state index in [2.05, 4.69) is 61.4 Å². The first-order valence-corrected chi connectivity index (χ1v) is 12.5. The number of aryl methyl sites for hydroxylation is 2. The summed E-state index contributed by atoms with van der Waals surface area (Å²) >= 11 is 5.80. The van der Waals surface area contributed by atoms with Crippen LogP contribution in [-0.2, 0) is 12.8 Å². The van der Waals surface area contributed by atoms with Gasteiger partial charge >= 0.3 is 0 Å². The van der Waals surface area contributed by atoms with E-state index in [1.807, 2.05) is 46.8 Å². The summed E-state index contributed by atoms with van der Waals surface area (Å²) in [6.45, 7) is 20.6. The highest BCUT2D eigenvalue weighted by Gasteiger charge is 2.30. The fourth-order valence-electron chi connectivity index (χ4n) is 3.10. The Kier molecular flexibility index (Phi) is 16.5. The number of aliphatic imine (C=N–C) groups is 1. The number of nitrogens with two attached hydrogens (primary N) is 1. The predicted molar refractivity (Wildman–Crippen MR) is 150 cm³/mol. The summed E-state index contributed by atoms with van der Waals surface area (Å²) < 4.78 is 0. The SMILES string of the molecule is C=C1CC1N(C)CCc1ccc(CCC)cc1.C=Nc1c(C)cccc1Cl.CC.CC(C)N. The van der Waals surface area contributed by atoms with Crippen LogP contribution in [0.4, 0.5) is 5.69 Å². The Morgan fingerprint density at radius 3 is 1.94 bits per heavy atom. The van der Waals surface area contributed by atoms with Crippen molar-refractivity contribution in [1.82, 2.24) is 4.90 Å². The molecule has 3 nitrogen and oxygen atoms in total. The molecule has 0 saturated heterocycles. The summed E-state index contributed by atoms with van der Waals surface area (Å²) in [6.07, 6.45) is 4.77. The topological polar surface area (TPSA) is 41.6 Å². The Morgan fingerprint density at radius 1 is 1.09 bits per heavy atom. The number of halogens is 1. The van der Waals surface area contributed by atoms with Gasteiger partial charge < -0.3 is 5.73 Å². The van der Waals surface area contributed by atoms with E-state index in [1.165, 1.54) is 36.0 Å². The van der Waals surface area contributed by atoms with Crippen LogP contribution in [0.25, 0.3) is 0 Å². The molecule has 0 bridgehead atoms. The molecule has 0 aliphatic heterocycles. The van der Waals surface area contributed by atoms with Crippen molar-refractivity contribution in [2.75, 3.05) is 13.6 Å². The second-order valence-corrected chi connectivity index (χ2v) is 8.89. The molecule has 0 amide bonds. The van der Waals surface area contributed by atoms with Crippen LogP contribution < -0.4 is 5.73 Å². The van der Waals surface area contributed by atoms with Crippen molar-refractivity contribution in [2.45, 2.75) is 79.3 Å². The molecule has 184 valence electrons. The molecule has 0 aromatic heterocycles. The average Bonchev–Trinajstić information content (AvgIpc) is 3.52. The summed E-state index contributed by atoms with van der Waals surface area (Å²) in [5.41, 5.74) is 11.3. The van der Waals surface area contributed by atoms with Gasteiger partial charge in [0.1, 0.15) is 0 Å². The Hall–Kier alpha value is -1.94. The van der Waals surface area contributed by atoms with Gasteiger partial charge in [-0.3, -0.25) is 9.89 Å². The van der Waals surface area contributed by atoms with Crippen molar-refractivity contribution < 1.29 is 0 Å². The van der Waals surface area contributed by atoms with Gasteiger partial charge in [0.05, 0.1) is 10.7 Å². The summed E-state index contributed by atoms with van der Waals surface area (Å²) in [5, 5.41) is 0.662. The molecular formula is C29H46ClN3. The van der Waals surface area contributed by atoms with Crippen molar-refractivity contribution in [3.8, 4) is 0 Å². The summed E-state index contributed by atoms with van der Waals surface area (Å²) in [4.78, 5) is 6.21. The van der Waals surface area contributed by atoms with E-state index in [0.29, 0.717) is 17.1 Å². The number of likely N-dealkylation sites (N-methyl/N-ethyl adjacent to an activating group) is 1. The zero-order chi connectivity index (χ0) is 25.4. The molecule has 1 aliphatic carbocycles. The highest BCUT2D eigenvalue weighted by molar-refractivity contribution is 6.33. The van der Waals surface area contributed by atoms with E-state index in [0.717, 1.165) is 24.2 Å². The normalized spacial score (nSPS) is 13.8. The molecule has 0 heterocycles. The van der Waals surface area contributed by atoms with Crippen molar-refractivity contribution in [2.24, 2.45) is 10.7 Å². The van der Waals surface area contributed by atoms with E-state index in [9.17, 15) is 0 Å². The third-order valence-corrected chi connectivity index (χ3v) is 5.27. The lowest BCUT2D eigenvalue weighted by Crippen LogP contribution is -2.23. The highest BCUT2D eigenvalue weighted by Crippen LogP contribution is 2.31. The maximum atomic E-state index is 5.80. The molecule has 0 spiro atoms. The Balaban J connectivity index is 0.000000543. The summed E-state index contributed by atoms with van der Waals surface area (Å²) in [6, 6.07) is 15.8. The summed E-state index contributed by atoms with van der Waals surface area (Å²) in [7, 11) is 2.20. The van der Waals surface area contributed by atoms with E-state index < -0.39 is 0 Å². The van der Waals surface area contributed by atoms with E-state index in [1.54, 1.807) is 6.07 Å². The third-order valence-electron chi connectivity index (χ3n) is 4.96. The minimum atomic E-state index is 0.333. The van der Waals surface area contributed by atoms with Gasteiger partial charge in [-0.1, -0.05) is 101 Å². The van der Waals surface area contributed by atoms with Crippen LogP contribution in [-0.4, -0.2) is 37.3 Å². The van der Waals surface area contributed by atoms with E-state index >= 15 is 0 Å². The number of hydrogen-bond donors (Lipinski definition) is 1. The van der Waals surface area contributed by atoms with Gasteiger partial charge in [0, 0.05) is 12.6 Å². The fourth-order valence-corrected chi connectivity index (χ4v) is 3.38. The van der Waals surface area contributed by atoms with Gasteiger partial charge in [-0.05, 0) is 68.7 Å². The minimum absolute atomic E-state index is 0.333. The highest BCUT2D eigenvalue weighted by atomic mass is 35.5. The lowest BCUT2D eigenvalue weighted by molar-refractivity contribution is 0.337. The molecule has 1 fully saturated rings. The second-order valence-electron chi connectivity index (χ2n) is 8.48. The second kappa shape index (κ2) is 17.5. The Morgan fingerprint density at radius 2 is 1.58 bits per heavy atom. The minimum Gasteiger partial charge on any atom is -0.328 e. The number of hydrogen-bond acceptors (Lipinski definition) is 3. The summed E-state index contributed by atoms with van der Waals surface area (Å²) in [5.74, 6) is 0. The van der Waals surface area contributed by atoms with Crippen molar-refractivity contribution in [1.29, 1.82) is 0 Å². The van der Waals surface area contributed by atoms with Crippen molar-refractivity contribution >= 4 is 24.0 Å². The van der Waals surface area contributed by atoms with Gasteiger partial charge in [-0.25, -0.2) is 0 Å². The van der Waals surface area contributed by atoms with Crippen LogP contribution in [0.3, 0.4) is 0 Å². The first-order valence-electron chi connectivity index (χ1n) is 12.1. The van der Waals surface area contributed by atoms with Gasteiger partial charge in [0.15, 0.2) is 0 Å². The predicted octanol–water partition coefficient (Wildman–Crippen LogP) is 7.80. The molecule has 4 heteroatoms. The molecule has 0 radical (unpaired) electrons. The molecule has 1 aliphatic rings. The number of nitrogens with zero attached hydrogens (tertiary/aromatic N) is 2. The fraction of sp³-hybridized carbons (Fsp3) is 0.483. The quantitative estimate of drug-likeness (QED) is 0.330. The van der Waals surface area contributed by atoms with Gasteiger partial charge in [-0.2, -0.15) is 0 Å². The Bertz CT molecular complexity index is 789. The smallest absolute Gasteiger partial charge is 0.0837 e. The molecule has 2 aromatic rings.